The molecular formula is C12H8N4O3. The van der Waals surface area contributed by atoms with Gasteiger partial charge in [-0.25, -0.2) is 4.79 Å². The predicted octanol–water partition coefficient (Wildman–Crippen LogP) is 0.187. The molecule has 2 rings (SSSR count). The number of rotatable bonds is 2. The zero-order chi connectivity index (χ0) is 13.8. The first-order valence-electron chi connectivity index (χ1n) is 5.24. The van der Waals surface area contributed by atoms with Crippen molar-refractivity contribution in [2.75, 3.05) is 5.32 Å². The van der Waals surface area contributed by atoms with Crippen molar-refractivity contribution in [2.45, 2.75) is 0 Å². The van der Waals surface area contributed by atoms with Crippen LogP contribution in [0.4, 0.5) is 5.69 Å². The van der Waals surface area contributed by atoms with Crippen molar-refractivity contribution in [1.29, 1.82) is 5.26 Å². The summed E-state index contributed by atoms with van der Waals surface area (Å²) < 4.78 is 0. The molecule has 0 saturated heterocycles. The second-order valence-corrected chi connectivity index (χ2v) is 3.60. The van der Waals surface area contributed by atoms with Crippen LogP contribution in [0.1, 0.15) is 15.9 Å². The Morgan fingerprint density at radius 2 is 2.00 bits per heavy atom. The van der Waals surface area contributed by atoms with Crippen molar-refractivity contribution < 1.29 is 4.79 Å². The Morgan fingerprint density at radius 1 is 1.26 bits per heavy atom. The van der Waals surface area contributed by atoms with Gasteiger partial charge in [-0.3, -0.25) is 14.6 Å². The Hall–Kier alpha value is -3.14. The van der Waals surface area contributed by atoms with E-state index < -0.39 is 17.2 Å². The summed E-state index contributed by atoms with van der Waals surface area (Å²) in [7, 11) is 0. The van der Waals surface area contributed by atoms with E-state index in [4.69, 9.17) is 5.26 Å². The Kier molecular flexibility index (Phi) is 3.25. The molecule has 1 aromatic heterocycles. The molecule has 0 bridgehead atoms. The molecule has 0 saturated carbocycles. The van der Waals surface area contributed by atoms with Crippen molar-refractivity contribution in [3.8, 4) is 6.07 Å². The van der Waals surface area contributed by atoms with Crippen LogP contribution in [0, 0.1) is 11.3 Å². The number of anilines is 1. The first-order valence-corrected chi connectivity index (χ1v) is 5.24. The number of nitrogens with one attached hydrogen (secondary N) is 3. The van der Waals surface area contributed by atoms with Crippen LogP contribution in [-0.2, 0) is 0 Å². The summed E-state index contributed by atoms with van der Waals surface area (Å²) in [5.41, 5.74) is -1.17. The van der Waals surface area contributed by atoms with Gasteiger partial charge in [-0.1, -0.05) is 12.1 Å². The van der Waals surface area contributed by atoms with Gasteiger partial charge in [0.2, 0.25) is 0 Å². The second kappa shape index (κ2) is 5.01. The Labute approximate surface area is 106 Å². The molecule has 3 N–H and O–H groups in total. The zero-order valence-electron chi connectivity index (χ0n) is 9.56. The van der Waals surface area contributed by atoms with E-state index in [2.05, 4.69) is 10.3 Å². The predicted molar refractivity (Wildman–Crippen MR) is 66.8 cm³/mol. The molecule has 1 heterocycles. The molecule has 7 nitrogen and oxygen atoms in total. The third-order valence-corrected chi connectivity index (χ3v) is 2.36. The number of para-hydroxylation sites is 1. The molecule has 1 amide bonds. The first kappa shape index (κ1) is 12.3. The molecule has 19 heavy (non-hydrogen) atoms. The number of aromatic amines is 2. The van der Waals surface area contributed by atoms with E-state index in [0.29, 0.717) is 5.69 Å². The molecule has 0 aliphatic heterocycles. The van der Waals surface area contributed by atoms with Crippen LogP contribution >= 0.6 is 0 Å². The SMILES string of the molecule is N#Cc1ccccc1NC(=O)c1c[nH]c(=O)[nH]c1=O. The number of nitrogens with zero attached hydrogens (tertiary/aromatic N) is 1. The van der Waals surface area contributed by atoms with Crippen LogP contribution in [-0.4, -0.2) is 15.9 Å². The maximum atomic E-state index is 11.9. The van der Waals surface area contributed by atoms with Gasteiger partial charge >= 0.3 is 5.69 Å². The molecule has 0 radical (unpaired) electrons. The summed E-state index contributed by atoms with van der Waals surface area (Å²) in [4.78, 5) is 38.3. The molecule has 7 heteroatoms. The molecule has 1 aromatic carbocycles. The van der Waals surface area contributed by atoms with Gasteiger partial charge in [-0.15, -0.1) is 0 Å². The van der Waals surface area contributed by atoms with E-state index in [1.165, 1.54) is 12.1 Å². The summed E-state index contributed by atoms with van der Waals surface area (Å²) in [5, 5.41) is 11.3. The maximum absolute atomic E-state index is 11.9. The molecule has 0 unspecified atom stereocenters. The maximum Gasteiger partial charge on any atom is 0.325 e. The number of carbonyl (C=O) groups excluding carboxylic acids is 1. The standard InChI is InChI=1S/C12H8N4O3/c13-5-7-3-1-2-4-9(7)15-10(17)8-6-14-12(19)16-11(8)18/h1-4,6H,(H,15,17)(H2,14,16,18,19). The Balaban J connectivity index is 2.34. The third kappa shape index (κ3) is 2.58. The Bertz CT molecular complexity index is 782. The lowest BCUT2D eigenvalue weighted by molar-refractivity contribution is 0.102. The molecular weight excluding hydrogens is 248 g/mol. The molecule has 0 atom stereocenters. The number of H-pyrrole nitrogens is 2. The number of aromatic nitrogens is 2. The fourth-order valence-electron chi connectivity index (χ4n) is 1.46. The number of carbonyl (C=O) groups is 1. The van der Waals surface area contributed by atoms with Crippen LogP contribution in [0.3, 0.4) is 0 Å². The van der Waals surface area contributed by atoms with Gasteiger partial charge in [0.1, 0.15) is 11.6 Å². The summed E-state index contributed by atoms with van der Waals surface area (Å²) in [6, 6.07) is 8.29. The lowest BCUT2D eigenvalue weighted by Gasteiger charge is -2.05. The minimum absolute atomic E-state index is 0.243. The van der Waals surface area contributed by atoms with Gasteiger partial charge in [-0.2, -0.15) is 5.26 Å². The van der Waals surface area contributed by atoms with Crippen LogP contribution < -0.4 is 16.6 Å². The van der Waals surface area contributed by atoms with Crippen molar-refractivity contribution >= 4 is 11.6 Å². The number of amides is 1. The minimum atomic E-state index is -0.796. The van der Waals surface area contributed by atoms with E-state index in [-0.39, 0.29) is 11.1 Å². The lowest BCUT2D eigenvalue weighted by Crippen LogP contribution is -2.29. The largest absolute Gasteiger partial charge is 0.325 e. The highest BCUT2D eigenvalue weighted by atomic mass is 16.2. The van der Waals surface area contributed by atoms with Gasteiger partial charge in [-0.05, 0) is 12.1 Å². The zero-order valence-corrected chi connectivity index (χ0v) is 9.56. The number of hydrogen-bond donors (Lipinski definition) is 3. The first-order chi connectivity index (χ1) is 9.11. The highest BCUT2D eigenvalue weighted by Crippen LogP contribution is 2.13. The average molecular weight is 256 g/mol. The van der Waals surface area contributed by atoms with Crippen molar-refractivity contribution in [3.63, 3.8) is 0 Å². The van der Waals surface area contributed by atoms with Gasteiger partial charge in [0.05, 0.1) is 11.3 Å². The molecule has 0 aliphatic carbocycles. The minimum Gasteiger partial charge on any atom is -0.321 e. The van der Waals surface area contributed by atoms with Crippen LogP contribution in [0.2, 0.25) is 0 Å². The summed E-state index contributed by atoms with van der Waals surface area (Å²) in [6.07, 6.45) is 1.02. The van der Waals surface area contributed by atoms with E-state index in [1.807, 2.05) is 11.1 Å². The van der Waals surface area contributed by atoms with E-state index in [0.717, 1.165) is 6.20 Å². The number of benzene rings is 1. The highest BCUT2D eigenvalue weighted by molar-refractivity contribution is 6.04. The fourth-order valence-corrected chi connectivity index (χ4v) is 1.46. The van der Waals surface area contributed by atoms with Crippen LogP contribution in [0.15, 0.2) is 40.1 Å². The van der Waals surface area contributed by atoms with Gasteiger partial charge in [0.15, 0.2) is 0 Å². The Morgan fingerprint density at radius 3 is 2.68 bits per heavy atom. The molecule has 94 valence electrons. The third-order valence-electron chi connectivity index (χ3n) is 2.36. The van der Waals surface area contributed by atoms with Gasteiger partial charge in [0.25, 0.3) is 11.5 Å². The highest BCUT2D eigenvalue weighted by Gasteiger charge is 2.12. The normalized spacial score (nSPS) is 9.63. The van der Waals surface area contributed by atoms with Crippen LogP contribution in [0.25, 0.3) is 0 Å². The number of hydrogen-bond acceptors (Lipinski definition) is 4. The van der Waals surface area contributed by atoms with Crippen molar-refractivity contribution in [2.24, 2.45) is 0 Å². The molecule has 0 aliphatic rings. The van der Waals surface area contributed by atoms with E-state index >= 15 is 0 Å². The van der Waals surface area contributed by atoms with E-state index in [1.54, 1.807) is 12.1 Å². The fraction of sp³-hybridized carbons (Fsp3) is 0. The number of nitriles is 1. The second-order valence-electron chi connectivity index (χ2n) is 3.60. The summed E-state index contributed by atoms with van der Waals surface area (Å²) in [6.45, 7) is 0. The van der Waals surface area contributed by atoms with E-state index in [9.17, 15) is 14.4 Å². The van der Waals surface area contributed by atoms with Crippen LogP contribution in [0.5, 0.6) is 0 Å². The topological polar surface area (TPSA) is 119 Å². The quantitative estimate of drug-likeness (QED) is 0.710. The average Bonchev–Trinajstić information content (AvgIpc) is 2.39. The van der Waals surface area contributed by atoms with Crippen molar-refractivity contribution in [3.05, 3.63) is 62.4 Å². The molecule has 0 spiro atoms. The van der Waals surface area contributed by atoms with Gasteiger partial charge in [0, 0.05) is 6.20 Å². The molecule has 2 aromatic rings. The smallest absolute Gasteiger partial charge is 0.321 e. The summed E-state index contributed by atoms with van der Waals surface area (Å²) >= 11 is 0. The molecule has 0 fully saturated rings. The monoisotopic (exact) mass is 256 g/mol. The summed E-state index contributed by atoms with van der Waals surface area (Å²) in [5.74, 6) is -0.708. The lowest BCUT2D eigenvalue weighted by atomic mass is 10.2. The van der Waals surface area contributed by atoms with Gasteiger partial charge < -0.3 is 10.3 Å². The van der Waals surface area contributed by atoms with Crippen molar-refractivity contribution in [1.82, 2.24) is 9.97 Å².